The Bertz CT molecular complexity index is 579. The summed E-state index contributed by atoms with van der Waals surface area (Å²) in [7, 11) is 0. The Morgan fingerprint density at radius 3 is 2.46 bits per heavy atom. The zero-order valence-corrected chi connectivity index (χ0v) is 16.0. The van der Waals surface area contributed by atoms with Crippen molar-refractivity contribution in [1.82, 2.24) is 15.2 Å². The molecule has 0 spiro atoms. The average Bonchev–Trinajstić information content (AvgIpc) is 2.68. The number of aromatic nitrogens is 1. The van der Waals surface area contributed by atoms with Crippen molar-refractivity contribution >= 4 is 17.8 Å². The van der Waals surface area contributed by atoms with Crippen LogP contribution >= 0.6 is 0 Å². The monoisotopic (exact) mass is 362 g/mol. The number of hydrogen-bond acceptors (Lipinski definition) is 5. The second kappa shape index (κ2) is 9.99. The number of ether oxygens (including phenoxy) is 1. The molecule has 2 amide bonds. The van der Waals surface area contributed by atoms with E-state index in [0.717, 1.165) is 24.5 Å². The summed E-state index contributed by atoms with van der Waals surface area (Å²) in [6.45, 7) is 9.85. The highest BCUT2D eigenvalue weighted by Crippen LogP contribution is 2.19. The number of likely N-dealkylation sites (tertiary alicyclic amines) is 1. The molecule has 0 atom stereocenters. The summed E-state index contributed by atoms with van der Waals surface area (Å²) < 4.78 is 5.06. The molecule has 0 radical (unpaired) electrons. The molecule has 7 nitrogen and oxygen atoms in total. The minimum atomic E-state index is -0.146. The van der Waals surface area contributed by atoms with Crippen LogP contribution in [0.3, 0.4) is 0 Å². The lowest BCUT2D eigenvalue weighted by Crippen LogP contribution is -2.45. The van der Waals surface area contributed by atoms with Crippen molar-refractivity contribution in [2.45, 2.75) is 40.2 Å². The largest absolute Gasteiger partial charge is 0.466 e. The molecule has 0 bridgehead atoms. The number of piperidine rings is 1. The van der Waals surface area contributed by atoms with Crippen molar-refractivity contribution in [2.24, 2.45) is 5.92 Å². The van der Waals surface area contributed by atoms with E-state index in [1.165, 1.54) is 0 Å². The number of carbonyl (C=O) groups excluding carboxylic acids is 2. The molecule has 1 aromatic rings. The van der Waals surface area contributed by atoms with E-state index >= 15 is 0 Å². The summed E-state index contributed by atoms with van der Waals surface area (Å²) in [6.07, 6.45) is 3.12. The molecule has 144 valence electrons. The summed E-state index contributed by atoms with van der Waals surface area (Å²) in [5, 5.41) is 2.93. The maximum absolute atomic E-state index is 12.3. The highest BCUT2D eigenvalue weighted by Gasteiger charge is 2.28. The normalized spacial score (nSPS) is 14.8. The van der Waals surface area contributed by atoms with Gasteiger partial charge >= 0.3 is 12.0 Å². The Morgan fingerprint density at radius 1 is 1.23 bits per heavy atom. The van der Waals surface area contributed by atoms with E-state index in [9.17, 15) is 9.59 Å². The van der Waals surface area contributed by atoms with Crippen LogP contribution in [0.4, 0.5) is 10.6 Å². The van der Waals surface area contributed by atoms with E-state index in [1.54, 1.807) is 11.1 Å². The third kappa shape index (κ3) is 5.34. The fourth-order valence-corrected chi connectivity index (χ4v) is 3.12. The van der Waals surface area contributed by atoms with Gasteiger partial charge in [-0.05, 0) is 45.2 Å². The number of amides is 2. The second-order valence-corrected chi connectivity index (χ2v) is 6.37. The first kappa shape index (κ1) is 20.0. The zero-order chi connectivity index (χ0) is 18.9. The molecule has 7 heteroatoms. The number of carbonyl (C=O) groups is 2. The molecule has 1 fully saturated rings. The number of urea groups is 1. The first-order valence-corrected chi connectivity index (χ1v) is 9.48. The van der Waals surface area contributed by atoms with Crippen molar-refractivity contribution < 1.29 is 14.3 Å². The Morgan fingerprint density at radius 2 is 1.92 bits per heavy atom. The molecule has 2 rings (SSSR count). The van der Waals surface area contributed by atoms with Crippen LogP contribution in [0.15, 0.2) is 18.3 Å². The van der Waals surface area contributed by atoms with Crippen LogP contribution in [0.25, 0.3) is 0 Å². The van der Waals surface area contributed by atoms with Gasteiger partial charge in [-0.2, -0.15) is 0 Å². The molecule has 0 aromatic carbocycles. The average molecular weight is 362 g/mol. The van der Waals surface area contributed by atoms with Crippen molar-refractivity contribution in [3.05, 3.63) is 23.9 Å². The Hall–Kier alpha value is -2.31. The van der Waals surface area contributed by atoms with Gasteiger partial charge < -0.3 is 19.9 Å². The van der Waals surface area contributed by atoms with Gasteiger partial charge in [0.25, 0.3) is 0 Å². The summed E-state index contributed by atoms with van der Waals surface area (Å²) in [5.74, 6) is 0.717. The molecule has 1 aromatic heterocycles. The van der Waals surface area contributed by atoms with Gasteiger partial charge in [0.15, 0.2) is 0 Å². The van der Waals surface area contributed by atoms with Crippen LogP contribution in [0.2, 0.25) is 0 Å². The molecule has 1 aliphatic heterocycles. The highest BCUT2D eigenvalue weighted by atomic mass is 16.5. The molecule has 2 heterocycles. The molecule has 1 N–H and O–H groups in total. The third-order valence-corrected chi connectivity index (χ3v) is 4.74. The lowest BCUT2D eigenvalue weighted by molar-refractivity contribution is -0.149. The minimum Gasteiger partial charge on any atom is -0.466 e. The number of nitrogens with zero attached hydrogens (tertiary/aromatic N) is 3. The fraction of sp³-hybridized carbons (Fsp3) is 0.632. The van der Waals surface area contributed by atoms with Crippen molar-refractivity contribution in [2.75, 3.05) is 37.7 Å². The summed E-state index contributed by atoms with van der Waals surface area (Å²) in [5.41, 5.74) is 0.968. The quantitative estimate of drug-likeness (QED) is 0.754. The van der Waals surface area contributed by atoms with Crippen LogP contribution in [-0.2, 0) is 16.1 Å². The number of pyridine rings is 1. The van der Waals surface area contributed by atoms with Gasteiger partial charge in [-0.25, -0.2) is 9.78 Å². The molecular formula is C19H30N4O3. The lowest BCUT2D eigenvalue weighted by Gasteiger charge is -2.30. The van der Waals surface area contributed by atoms with E-state index in [4.69, 9.17) is 4.74 Å². The highest BCUT2D eigenvalue weighted by molar-refractivity contribution is 5.76. The number of esters is 1. The van der Waals surface area contributed by atoms with Gasteiger partial charge in [0.1, 0.15) is 5.82 Å². The predicted octanol–water partition coefficient (Wildman–Crippen LogP) is 2.41. The Labute approximate surface area is 155 Å². The zero-order valence-electron chi connectivity index (χ0n) is 16.0. The summed E-state index contributed by atoms with van der Waals surface area (Å²) in [4.78, 5) is 32.5. The van der Waals surface area contributed by atoms with Crippen LogP contribution in [-0.4, -0.2) is 54.7 Å². The summed E-state index contributed by atoms with van der Waals surface area (Å²) >= 11 is 0. The van der Waals surface area contributed by atoms with Gasteiger partial charge in [-0.1, -0.05) is 6.07 Å². The first-order chi connectivity index (χ1) is 12.6. The number of hydrogen-bond donors (Lipinski definition) is 1. The topological polar surface area (TPSA) is 74.8 Å². The molecule has 0 aliphatic carbocycles. The minimum absolute atomic E-state index is 0.0872. The summed E-state index contributed by atoms with van der Waals surface area (Å²) in [6, 6.07) is 3.88. The molecule has 26 heavy (non-hydrogen) atoms. The van der Waals surface area contributed by atoms with Crippen LogP contribution < -0.4 is 10.2 Å². The molecule has 0 unspecified atom stereocenters. The van der Waals surface area contributed by atoms with Crippen LogP contribution in [0, 0.1) is 5.92 Å². The van der Waals surface area contributed by atoms with Gasteiger partial charge in [0.2, 0.25) is 0 Å². The van der Waals surface area contributed by atoms with Gasteiger partial charge in [-0.3, -0.25) is 4.79 Å². The first-order valence-electron chi connectivity index (χ1n) is 9.48. The predicted molar refractivity (Wildman–Crippen MR) is 101 cm³/mol. The third-order valence-electron chi connectivity index (χ3n) is 4.74. The maximum atomic E-state index is 12.3. The SMILES string of the molecule is CCOC(=O)C1CCN(C(=O)NCc2ccc(N(CC)CC)nc2)CC1. The second-order valence-electron chi connectivity index (χ2n) is 6.37. The van der Waals surface area contributed by atoms with E-state index in [1.807, 2.05) is 19.1 Å². The number of anilines is 1. The molecule has 1 saturated heterocycles. The van der Waals surface area contributed by atoms with Crippen LogP contribution in [0.1, 0.15) is 39.2 Å². The van der Waals surface area contributed by atoms with Crippen molar-refractivity contribution in [3.8, 4) is 0 Å². The van der Waals surface area contributed by atoms with Crippen molar-refractivity contribution in [1.29, 1.82) is 0 Å². The van der Waals surface area contributed by atoms with E-state index in [2.05, 4.69) is 29.0 Å². The van der Waals surface area contributed by atoms with E-state index < -0.39 is 0 Å². The number of rotatable bonds is 7. The van der Waals surface area contributed by atoms with Gasteiger partial charge in [-0.15, -0.1) is 0 Å². The van der Waals surface area contributed by atoms with Gasteiger partial charge in [0, 0.05) is 38.9 Å². The smallest absolute Gasteiger partial charge is 0.317 e. The van der Waals surface area contributed by atoms with Gasteiger partial charge in [0.05, 0.1) is 12.5 Å². The lowest BCUT2D eigenvalue weighted by atomic mass is 9.97. The fourth-order valence-electron chi connectivity index (χ4n) is 3.12. The van der Waals surface area contributed by atoms with E-state index in [0.29, 0.717) is 39.1 Å². The number of nitrogens with one attached hydrogen (secondary N) is 1. The maximum Gasteiger partial charge on any atom is 0.317 e. The van der Waals surface area contributed by atoms with E-state index in [-0.39, 0.29) is 17.9 Å². The van der Waals surface area contributed by atoms with Crippen molar-refractivity contribution in [3.63, 3.8) is 0 Å². The molecular weight excluding hydrogens is 332 g/mol. The molecule has 1 aliphatic rings. The molecule has 0 saturated carbocycles. The van der Waals surface area contributed by atoms with Crippen LogP contribution in [0.5, 0.6) is 0 Å². The standard InChI is InChI=1S/C19H30N4O3/c1-4-22(5-2)17-8-7-15(13-20-17)14-21-19(25)23-11-9-16(10-12-23)18(24)26-6-3/h7-8,13,16H,4-6,9-12,14H2,1-3H3,(H,21,25). The Kier molecular flexibility index (Phi) is 7.69. The Balaban J connectivity index is 1.78.